The fraction of sp³-hybridized carbons (Fsp3) is 0.857. The summed E-state index contributed by atoms with van der Waals surface area (Å²) in [6.07, 6.45) is -4.10. The van der Waals surface area contributed by atoms with Crippen LogP contribution >= 0.6 is 0 Å². The molecule has 6 nitrogen and oxygen atoms in total. The summed E-state index contributed by atoms with van der Waals surface area (Å²) in [6.45, 7) is 0.0638. The Bertz CT molecular complexity index is 197. The minimum atomic E-state index is -1.16. The number of rotatable bonds is 3. The van der Waals surface area contributed by atoms with Gasteiger partial charge in [-0.25, -0.2) is 0 Å². The molecule has 1 fully saturated rings. The van der Waals surface area contributed by atoms with Crippen molar-refractivity contribution in [2.24, 2.45) is 5.73 Å². The van der Waals surface area contributed by atoms with Crippen LogP contribution in [-0.4, -0.2) is 52.2 Å². The molecule has 1 heterocycles. The molecule has 13 heavy (non-hydrogen) atoms. The number of carbonyl (C=O) groups is 1. The average Bonchev–Trinajstić information content (AvgIpc) is 2.32. The zero-order valence-electron chi connectivity index (χ0n) is 6.96. The highest BCUT2D eigenvalue weighted by atomic mass is 16.5. The molecule has 1 aliphatic rings. The number of hydrogen-bond acceptors (Lipinski definition) is 5. The van der Waals surface area contributed by atoms with Gasteiger partial charge in [0.15, 0.2) is 0 Å². The third kappa shape index (κ3) is 2.16. The monoisotopic (exact) mass is 191 g/mol. The summed E-state index contributed by atoms with van der Waals surface area (Å²) >= 11 is 0. The standard InChI is InChI=1S/C7H13NO5/c8-2-4-7(12)6(11)3(13-4)1-5(9)10/h3-4,6-7,11-12H,1-2,8H2,(H,9,10). The lowest BCUT2D eigenvalue weighted by molar-refractivity contribution is -0.141. The van der Waals surface area contributed by atoms with Gasteiger partial charge in [0.05, 0.1) is 18.6 Å². The Morgan fingerprint density at radius 3 is 2.23 bits per heavy atom. The molecule has 4 unspecified atom stereocenters. The smallest absolute Gasteiger partial charge is 0.306 e. The van der Waals surface area contributed by atoms with Gasteiger partial charge in [0.2, 0.25) is 0 Å². The Kier molecular flexibility index (Phi) is 3.21. The molecule has 0 saturated carbocycles. The molecule has 1 saturated heterocycles. The van der Waals surface area contributed by atoms with Crippen LogP contribution in [0.3, 0.4) is 0 Å². The van der Waals surface area contributed by atoms with Crippen molar-refractivity contribution in [3.05, 3.63) is 0 Å². The van der Waals surface area contributed by atoms with Gasteiger partial charge in [-0.3, -0.25) is 4.79 Å². The summed E-state index contributed by atoms with van der Waals surface area (Å²) in [6, 6.07) is 0. The minimum absolute atomic E-state index is 0.0638. The van der Waals surface area contributed by atoms with Crippen LogP contribution in [0, 0.1) is 0 Å². The van der Waals surface area contributed by atoms with Gasteiger partial charge in [0.1, 0.15) is 12.2 Å². The first-order chi connectivity index (χ1) is 6.06. The molecule has 5 N–H and O–H groups in total. The topological polar surface area (TPSA) is 113 Å². The van der Waals surface area contributed by atoms with Crippen molar-refractivity contribution in [2.75, 3.05) is 6.54 Å². The number of ether oxygens (including phenoxy) is 1. The Morgan fingerprint density at radius 2 is 1.85 bits per heavy atom. The molecule has 0 amide bonds. The molecule has 0 aromatic rings. The lowest BCUT2D eigenvalue weighted by Crippen LogP contribution is -2.36. The molecule has 0 spiro atoms. The van der Waals surface area contributed by atoms with Gasteiger partial charge in [0, 0.05) is 6.54 Å². The van der Waals surface area contributed by atoms with Crippen molar-refractivity contribution in [3.8, 4) is 0 Å². The summed E-state index contributed by atoms with van der Waals surface area (Å²) in [5.41, 5.74) is 5.24. The fourth-order valence-corrected chi connectivity index (χ4v) is 1.36. The number of aliphatic hydroxyl groups is 2. The first kappa shape index (κ1) is 10.4. The minimum Gasteiger partial charge on any atom is -0.481 e. The number of nitrogens with two attached hydrogens (primary N) is 1. The van der Waals surface area contributed by atoms with E-state index in [0.29, 0.717) is 0 Å². The van der Waals surface area contributed by atoms with Gasteiger partial charge in [-0.05, 0) is 0 Å². The van der Waals surface area contributed by atoms with E-state index in [1.807, 2.05) is 0 Å². The lowest BCUT2D eigenvalue weighted by atomic mass is 10.1. The molecular formula is C7H13NO5. The van der Waals surface area contributed by atoms with Crippen LogP contribution < -0.4 is 5.73 Å². The number of aliphatic hydroxyl groups excluding tert-OH is 2. The van der Waals surface area contributed by atoms with E-state index in [1.54, 1.807) is 0 Å². The third-order valence-corrected chi connectivity index (χ3v) is 2.07. The largest absolute Gasteiger partial charge is 0.481 e. The van der Waals surface area contributed by atoms with Gasteiger partial charge in [-0.15, -0.1) is 0 Å². The van der Waals surface area contributed by atoms with Crippen molar-refractivity contribution >= 4 is 5.97 Å². The van der Waals surface area contributed by atoms with E-state index in [-0.39, 0.29) is 13.0 Å². The van der Waals surface area contributed by atoms with Crippen molar-refractivity contribution in [2.45, 2.75) is 30.8 Å². The van der Waals surface area contributed by atoms with Crippen LogP contribution in [0.5, 0.6) is 0 Å². The molecule has 0 radical (unpaired) electrons. The molecule has 0 aromatic heterocycles. The molecule has 1 rings (SSSR count). The second kappa shape index (κ2) is 4.01. The van der Waals surface area contributed by atoms with Crippen LogP contribution in [0.15, 0.2) is 0 Å². The van der Waals surface area contributed by atoms with Gasteiger partial charge in [-0.1, -0.05) is 0 Å². The molecule has 0 aromatic carbocycles. The van der Waals surface area contributed by atoms with Crippen molar-refractivity contribution in [3.63, 3.8) is 0 Å². The van der Waals surface area contributed by atoms with E-state index in [0.717, 1.165) is 0 Å². The van der Waals surface area contributed by atoms with E-state index in [9.17, 15) is 15.0 Å². The molecule has 6 heteroatoms. The summed E-state index contributed by atoms with van der Waals surface area (Å²) in [5.74, 6) is -1.08. The van der Waals surface area contributed by atoms with Gasteiger partial charge in [-0.2, -0.15) is 0 Å². The first-order valence-electron chi connectivity index (χ1n) is 3.99. The highest BCUT2D eigenvalue weighted by Gasteiger charge is 2.42. The van der Waals surface area contributed by atoms with Crippen molar-refractivity contribution < 1.29 is 24.9 Å². The Balaban J connectivity index is 2.55. The number of aliphatic carboxylic acids is 1. The Hall–Kier alpha value is -0.690. The third-order valence-electron chi connectivity index (χ3n) is 2.07. The van der Waals surface area contributed by atoms with Crippen molar-refractivity contribution in [1.29, 1.82) is 0 Å². The average molecular weight is 191 g/mol. The van der Waals surface area contributed by atoms with Crippen LogP contribution in [0.1, 0.15) is 6.42 Å². The number of carboxylic acid groups (broad SMARTS) is 1. The first-order valence-corrected chi connectivity index (χ1v) is 3.99. The van der Waals surface area contributed by atoms with E-state index in [2.05, 4.69) is 0 Å². The number of hydrogen-bond donors (Lipinski definition) is 4. The van der Waals surface area contributed by atoms with E-state index >= 15 is 0 Å². The van der Waals surface area contributed by atoms with Crippen LogP contribution in [0.2, 0.25) is 0 Å². The maximum absolute atomic E-state index is 10.3. The second-order valence-electron chi connectivity index (χ2n) is 3.03. The summed E-state index contributed by atoms with van der Waals surface area (Å²) in [7, 11) is 0. The fourth-order valence-electron chi connectivity index (χ4n) is 1.36. The maximum Gasteiger partial charge on any atom is 0.306 e. The maximum atomic E-state index is 10.3. The molecular weight excluding hydrogens is 178 g/mol. The lowest BCUT2D eigenvalue weighted by Gasteiger charge is -2.11. The van der Waals surface area contributed by atoms with Gasteiger partial charge >= 0.3 is 5.97 Å². The molecule has 4 atom stereocenters. The quantitative estimate of drug-likeness (QED) is 0.407. The zero-order valence-corrected chi connectivity index (χ0v) is 6.96. The molecule has 1 aliphatic heterocycles. The summed E-state index contributed by atoms with van der Waals surface area (Å²) < 4.78 is 5.04. The van der Waals surface area contributed by atoms with E-state index < -0.39 is 30.4 Å². The molecule has 0 aliphatic carbocycles. The van der Waals surface area contributed by atoms with Crippen LogP contribution in [0.25, 0.3) is 0 Å². The van der Waals surface area contributed by atoms with E-state index in [1.165, 1.54) is 0 Å². The predicted molar refractivity (Wildman–Crippen MR) is 42.0 cm³/mol. The normalized spacial score (nSPS) is 39.3. The SMILES string of the molecule is NCC1OC(CC(=O)O)C(O)C1O. The predicted octanol–water partition coefficient (Wildman–Crippen LogP) is -2.09. The van der Waals surface area contributed by atoms with Crippen LogP contribution in [-0.2, 0) is 9.53 Å². The summed E-state index contributed by atoms with van der Waals surface area (Å²) in [4.78, 5) is 10.3. The summed E-state index contributed by atoms with van der Waals surface area (Å²) in [5, 5.41) is 27.0. The zero-order chi connectivity index (χ0) is 10.0. The second-order valence-corrected chi connectivity index (χ2v) is 3.03. The molecule has 76 valence electrons. The van der Waals surface area contributed by atoms with Crippen molar-refractivity contribution in [1.82, 2.24) is 0 Å². The Labute approximate surface area is 74.9 Å². The highest BCUT2D eigenvalue weighted by Crippen LogP contribution is 2.22. The highest BCUT2D eigenvalue weighted by molar-refractivity contribution is 5.67. The number of carboxylic acids is 1. The van der Waals surface area contributed by atoms with Gasteiger partial charge in [0.25, 0.3) is 0 Å². The molecule has 0 bridgehead atoms. The van der Waals surface area contributed by atoms with Crippen LogP contribution in [0.4, 0.5) is 0 Å². The Morgan fingerprint density at radius 1 is 1.31 bits per heavy atom. The van der Waals surface area contributed by atoms with E-state index in [4.69, 9.17) is 15.6 Å². The van der Waals surface area contributed by atoms with Gasteiger partial charge < -0.3 is 25.8 Å².